The maximum absolute atomic E-state index is 9.36. The Balaban J connectivity index is 2.14. The van der Waals surface area contributed by atoms with E-state index in [1.807, 2.05) is 55.5 Å². The van der Waals surface area contributed by atoms with Crippen molar-refractivity contribution in [1.29, 1.82) is 5.26 Å². The Labute approximate surface area is 124 Å². The predicted molar refractivity (Wildman–Crippen MR) is 82.6 cm³/mol. The van der Waals surface area contributed by atoms with Gasteiger partial charge in [-0.2, -0.15) is 5.26 Å². The maximum Gasteiger partial charge on any atom is 0.140 e. The Bertz CT molecular complexity index is 617. The van der Waals surface area contributed by atoms with Gasteiger partial charge in [-0.1, -0.05) is 18.2 Å². The Morgan fingerprint density at radius 1 is 1.14 bits per heavy atom. The molecule has 0 bridgehead atoms. The molecule has 4 nitrogen and oxygen atoms in total. The van der Waals surface area contributed by atoms with Gasteiger partial charge in [0.1, 0.15) is 17.5 Å². The van der Waals surface area contributed by atoms with Crippen molar-refractivity contribution < 1.29 is 9.47 Å². The lowest BCUT2D eigenvalue weighted by atomic mass is 10.1. The van der Waals surface area contributed by atoms with Gasteiger partial charge in [0.05, 0.1) is 19.8 Å². The Hall–Kier alpha value is -2.67. The first-order valence-electron chi connectivity index (χ1n) is 6.79. The third-order valence-electron chi connectivity index (χ3n) is 3.03. The van der Waals surface area contributed by atoms with E-state index in [4.69, 9.17) is 9.47 Å². The van der Waals surface area contributed by atoms with Gasteiger partial charge in [0.2, 0.25) is 0 Å². The summed E-state index contributed by atoms with van der Waals surface area (Å²) in [4.78, 5) is 0. The second-order valence-corrected chi connectivity index (χ2v) is 4.44. The van der Waals surface area contributed by atoms with E-state index >= 15 is 0 Å². The largest absolute Gasteiger partial charge is 0.497 e. The highest BCUT2D eigenvalue weighted by atomic mass is 16.5. The highest BCUT2D eigenvalue weighted by Crippen LogP contribution is 2.24. The summed E-state index contributed by atoms with van der Waals surface area (Å²) in [6.07, 6.45) is 0. The molecule has 1 N–H and O–H groups in total. The molecule has 2 rings (SSSR count). The highest BCUT2D eigenvalue weighted by molar-refractivity contribution is 5.51. The molecule has 0 aliphatic carbocycles. The van der Waals surface area contributed by atoms with Gasteiger partial charge in [-0.3, -0.25) is 0 Å². The fourth-order valence-corrected chi connectivity index (χ4v) is 1.99. The van der Waals surface area contributed by atoms with Crippen molar-refractivity contribution in [1.82, 2.24) is 0 Å². The quantitative estimate of drug-likeness (QED) is 0.876. The van der Waals surface area contributed by atoms with Crippen LogP contribution in [0.1, 0.15) is 18.5 Å². The average Bonchev–Trinajstić information content (AvgIpc) is 2.54. The molecule has 4 heteroatoms. The molecule has 1 atom stereocenters. The molecule has 2 aromatic rings. The van der Waals surface area contributed by atoms with E-state index in [2.05, 4.69) is 11.4 Å². The van der Waals surface area contributed by atoms with Gasteiger partial charge in [0.15, 0.2) is 0 Å². The Kier molecular flexibility index (Phi) is 5.05. The van der Waals surface area contributed by atoms with Crippen molar-refractivity contribution >= 4 is 5.69 Å². The summed E-state index contributed by atoms with van der Waals surface area (Å²) >= 11 is 0. The number of nitrogens with one attached hydrogen (secondary N) is 1. The van der Waals surface area contributed by atoms with Crippen molar-refractivity contribution in [2.24, 2.45) is 0 Å². The summed E-state index contributed by atoms with van der Waals surface area (Å²) in [5.74, 6) is 1.56. The second kappa shape index (κ2) is 7.20. The SMILES string of the molecule is CCOc1ccc(C(C#N)Nc2cccc(OC)c2)cc1. The van der Waals surface area contributed by atoms with E-state index in [0.717, 1.165) is 22.7 Å². The first-order valence-corrected chi connectivity index (χ1v) is 6.79. The van der Waals surface area contributed by atoms with Crippen molar-refractivity contribution in [2.45, 2.75) is 13.0 Å². The van der Waals surface area contributed by atoms with E-state index in [0.29, 0.717) is 6.61 Å². The molecule has 1 unspecified atom stereocenters. The molecule has 0 saturated heterocycles. The summed E-state index contributed by atoms with van der Waals surface area (Å²) in [6.45, 7) is 2.57. The van der Waals surface area contributed by atoms with Crippen LogP contribution in [0.2, 0.25) is 0 Å². The Morgan fingerprint density at radius 3 is 2.52 bits per heavy atom. The normalized spacial score (nSPS) is 11.3. The number of hydrogen-bond donors (Lipinski definition) is 1. The van der Waals surface area contributed by atoms with Crippen LogP contribution < -0.4 is 14.8 Å². The first kappa shape index (κ1) is 14.7. The molecule has 0 spiro atoms. The van der Waals surface area contributed by atoms with Crippen LogP contribution >= 0.6 is 0 Å². The van der Waals surface area contributed by atoms with E-state index in [1.54, 1.807) is 7.11 Å². The number of anilines is 1. The topological polar surface area (TPSA) is 54.3 Å². The Morgan fingerprint density at radius 2 is 1.90 bits per heavy atom. The van der Waals surface area contributed by atoms with E-state index in [1.165, 1.54) is 0 Å². The van der Waals surface area contributed by atoms with E-state index in [9.17, 15) is 5.26 Å². The minimum atomic E-state index is -0.423. The molecule has 0 aliphatic rings. The van der Waals surface area contributed by atoms with Gasteiger partial charge in [-0.15, -0.1) is 0 Å². The van der Waals surface area contributed by atoms with Crippen molar-refractivity contribution in [3.05, 3.63) is 54.1 Å². The number of rotatable bonds is 6. The molecule has 0 saturated carbocycles. The fraction of sp³-hybridized carbons (Fsp3) is 0.235. The third kappa shape index (κ3) is 3.90. The zero-order valence-electron chi connectivity index (χ0n) is 12.2. The summed E-state index contributed by atoms with van der Waals surface area (Å²) in [6, 6.07) is 16.9. The zero-order valence-corrected chi connectivity index (χ0v) is 12.2. The van der Waals surface area contributed by atoms with Crippen LogP contribution in [-0.4, -0.2) is 13.7 Å². The number of nitrogens with zero attached hydrogens (tertiary/aromatic N) is 1. The van der Waals surface area contributed by atoms with E-state index < -0.39 is 6.04 Å². The van der Waals surface area contributed by atoms with Crippen LogP contribution in [0, 0.1) is 11.3 Å². The van der Waals surface area contributed by atoms with Crippen LogP contribution in [0.3, 0.4) is 0 Å². The maximum atomic E-state index is 9.36. The van der Waals surface area contributed by atoms with Crippen molar-refractivity contribution in [2.75, 3.05) is 19.0 Å². The molecule has 0 aromatic heterocycles. The van der Waals surface area contributed by atoms with Gasteiger partial charge < -0.3 is 14.8 Å². The van der Waals surface area contributed by atoms with Gasteiger partial charge >= 0.3 is 0 Å². The minimum absolute atomic E-state index is 0.423. The molecule has 108 valence electrons. The molecule has 2 aromatic carbocycles. The first-order chi connectivity index (χ1) is 10.3. The summed E-state index contributed by atoms with van der Waals surface area (Å²) < 4.78 is 10.6. The number of benzene rings is 2. The van der Waals surface area contributed by atoms with Gasteiger partial charge in [-0.25, -0.2) is 0 Å². The minimum Gasteiger partial charge on any atom is -0.497 e. The third-order valence-corrected chi connectivity index (χ3v) is 3.03. The standard InChI is InChI=1S/C17H18N2O2/c1-3-21-15-9-7-13(8-10-15)17(12-18)19-14-5-4-6-16(11-14)20-2/h4-11,17,19H,3H2,1-2H3. The average molecular weight is 282 g/mol. The predicted octanol–water partition coefficient (Wildman–Crippen LogP) is 3.77. The monoisotopic (exact) mass is 282 g/mol. The lowest BCUT2D eigenvalue weighted by Crippen LogP contribution is -2.08. The molecule has 0 amide bonds. The van der Waals surface area contributed by atoms with Crippen LogP contribution in [0.25, 0.3) is 0 Å². The van der Waals surface area contributed by atoms with Crippen LogP contribution in [0.4, 0.5) is 5.69 Å². The lowest BCUT2D eigenvalue weighted by molar-refractivity contribution is 0.340. The molecule has 0 heterocycles. The van der Waals surface area contributed by atoms with Gasteiger partial charge in [0.25, 0.3) is 0 Å². The lowest BCUT2D eigenvalue weighted by Gasteiger charge is -2.14. The van der Waals surface area contributed by atoms with Crippen molar-refractivity contribution in [3.8, 4) is 17.6 Å². The molecule has 0 radical (unpaired) electrons. The second-order valence-electron chi connectivity index (χ2n) is 4.44. The number of nitriles is 1. The van der Waals surface area contributed by atoms with Crippen LogP contribution in [0.5, 0.6) is 11.5 Å². The summed E-state index contributed by atoms with van der Waals surface area (Å²) in [5, 5.41) is 12.6. The molecule has 21 heavy (non-hydrogen) atoms. The fourth-order valence-electron chi connectivity index (χ4n) is 1.99. The molecule has 0 aliphatic heterocycles. The van der Waals surface area contributed by atoms with E-state index in [-0.39, 0.29) is 0 Å². The van der Waals surface area contributed by atoms with Gasteiger partial charge in [-0.05, 0) is 36.8 Å². The molecular formula is C17H18N2O2. The summed E-state index contributed by atoms with van der Waals surface area (Å²) in [5.41, 5.74) is 1.73. The van der Waals surface area contributed by atoms with Gasteiger partial charge in [0, 0.05) is 11.8 Å². The van der Waals surface area contributed by atoms with Crippen LogP contribution in [0.15, 0.2) is 48.5 Å². The smallest absolute Gasteiger partial charge is 0.140 e. The molecular weight excluding hydrogens is 264 g/mol. The highest BCUT2D eigenvalue weighted by Gasteiger charge is 2.10. The zero-order chi connectivity index (χ0) is 15.1. The van der Waals surface area contributed by atoms with Crippen LogP contribution in [-0.2, 0) is 0 Å². The number of methoxy groups -OCH3 is 1. The summed E-state index contributed by atoms with van der Waals surface area (Å²) in [7, 11) is 1.62. The number of ether oxygens (including phenoxy) is 2. The van der Waals surface area contributed by atoms with Crippen molar-refractivity contribution in [3.63, 3.8) is 0 Å². The molecule has 0 fully saturated rings. The number of hydrogen-bond acceptors (Lipinski definition) is 4.